The van der Waals surface area contributed by atoms with Crippen LogP contribution in [0.3, 0.4) is 0 Å². The number of methoxy groups -OCH3 is 1. The number of nitrogens with zero attached hydrogens (tertiary/aromatic N) is 3. The SMILES string of the molecule is CN=C(NCC(c1ccc(OC)cc1)N1CCOCC1)N(C)Cc1ccc(F)cc1.I. The molecule has 3 rings (SSSR count). The minimum atomic E-state index is -0.225. The standard InChI is InChI=1S/C23H31FN4O2.HI/c1-25-23(27(2)17-18-4-8-20(24)9-5-18)26-16-22(28-12-14-30-15-13-28)19-6-10-21(29-3)11-7-19;/h4-11,22H,12-17H2,1-3H3,(H,25,26);1H. The Labute approximate surface area is 201 Å². The van der Waals surface area contributed by atoms with Gasteiger partial charge >= 0.3 is 0 Å². The van der Waals surface area contributed by atoms with Crippen LogP contribution in [0.15, 0.2) is 53.5 Å². The summed E-state index contributed by atoms with van der Waals surface area (Å²) in [6, 6.07) is 15.0. The van der Waals surface area contributed by atoms with Gasteiger partial charge in [-0.25, -0.2) is 4.39 Å². The van der Waals surface area contributed by atoms with Gasteiger partial charge in [0.25, 0.3) is 0 Å². The van der Waals surface area contributed by atoms with E-state index < -0.39 is 0 Å². The summed E-state index contributed by atoms with van der Waals surface area (Å²) < 4.78 is 24.0. The predicted molar refractivity (Wildman–Crippen MR) is 133 cm³/mol. The molecule has 0 amide bonds. The van der Waals surface area contributed by atoms with E-state index in [0.29, 0.717) is 13.1 Å². The van der Waals surface area contributed by atoms with Crippen molar-refractivity contribution in [1.82, 2.24) is 15.1 Å². The molecule has 1 fully saturated rings. The lowest BCUT2D eigenvalue weighted by Gasteiger charge is -2.35. The van der Waals surface area contributed by atoms with Gasteiger partial charge in [0.1, 0.15) is 11.6 Å². The second-order valence-corrected chi connectivity index (χ2v) is 7.35. The maximum Gasteiger partial charge on any atom is 0.193 e. The minimum Gasteiger partial charge on any atom is -0.497 e. The van der Waals surface area contributed by atoms with Crippen molar-refractivity contribution >= 4 is 29.9 Å². The van der Waals surface area contributed by atoms with Gasteiger partial charge in [-0.05, 0) is 35.4 Å². The fourth-order valence-electron chi connectivity index (χ4n) is 3.68. The van der Waals surface area contributed by atoms with Crippen molar-refractivity contribution in [1.29, 1.82) is 0 Å². The van der Waals surface area contributed by atoms with E-state index in [0.717, 1.165) is 43.6 Å². The fraction of sp³-hybridized carbons (Fsp3) is 0.435. The molecule has 0 radical (unpaired) electrons. The quantitative estimate of drug-likeness (QED) is 0.330. The van der Waals surface area contributed by atoms with Crippen LogP contribution in [0.5, 0.6) is 5.75 Å². The molecular weight excluding hydrogens is 510 g/mol. The van der Waals surface area contributed by atoms with Gasteiger partial charge in [0.05, 0.1) is 26.4 Å². The number of benzene rings is 2. The van der Waals surface area contributed by atoms with Crippen molar-refractivity contribution in [2.75, 3.05) is 54.1 Å². The van der Waals surface area contributed by atoms with Gasteiger partial charge in [-0.2, -0.15) is 0 Å². The highest BCUT2D eigenvalue weighted by atomic mass is 127. The molecule has 1 heterocycles. The molecule has 170 valence electrons. The summed E-state index contributed by atoms with van der Waals surface area (Å²) in [5.74, 6) is 1.42. The number of morpholine rings is 1. The molecule has 0 aromatic heterocycles. The Kier molecular flexibility index (Phi) is 10.5. The Balaban J connectivity index is 0.00000341. The van der Waals surface area contributed by atoms with Gasteiger partial charge in [0.15, 0.2) is 5.96 Å². The normalized spacial score (nSPS) is 15.7. The highest BCUT2D eigenvalue weighted by Crippen LogP contribution is 2.23. The molecule has 0 saturated carbocycles. The van der Waals surface area contributed by atoms with Gasteiger partial charge in [0, 0.05) is 40.3 Å². The van der Waals surface area contributed by atoms with Gasteiger partial charge in [0.2, 0.25) is 0 Å². The van der Waals surface area contributed by atoms with Crippen LogP contribution < -0.4 is 10.1 Å². The van der Waals surface area contributed by atoms with Crippen LogP contribution in [-0.4, -0.2) is 69.8 Å². The average Bonchev–Trinajstić information content (AvgIpc) is 2.79. The van der Waals surface area contributed by atoms with E-state index in [1.807, 2.05) is 24.1 Å². The number of ether oxygens (including phenoxy) is 2. The van der Waals surface area contributed by atoms with Crippen LogP contribution in [-0.2, 0) is 11.3 Å². The van der Waals surface area contributed by atoms with Crippen LogP contribution >= 0.6 is 24.0 Å². The first kappa shape index (κ1) is 25.4. The summed E-state index contributed by atoms with van der Waals surface area (Å²) >= 11 is 0. The lowest BCUT2D eigenvalue weighted by molar-refractivity contribution is 0.0169. The Morgan fingerprint density at radius 3 is 2.39 bits per heavy atom. The smallest absolute Gasteiger partial charge is 0.193 e. The van der Waals surface area contributed by atoms with Crippen molar-refractivity contribution < 1.29 is 13.9 Å². The van der Waals surface area contributed by atoms with E-state index in [1.165, 1.54) is 17.7 Å². The number of rotatable bonds is 7. The maximum absolute atomic E-state index is 13.2. The first-order valence-electron chi connectivity index (χ1n) is 10.2. The molecule has 8 heteroatoms. The van der Waals surface area contributed by atoms with E-state index >= 15 is 0 Å². The number of hydrogen-bond donors (Lipinski definition) is 1. The third-order valence-electron chi connectivity index (χ3n) is 5.35. The van der Waals surface area contributed by atoms with Crippen molar-refractivity contribution in [3.05, 3.63) is 65.5 Å². The number of guanidine groups is 1. The summed E-state index contributed by atoms with van der Waals surface area (Å²) in [6.45, 7) is 4.62. The highest BCUT2D eigenvalue weighted by Gasteiger charge is 2.23. The monoisotopic (exact) mass is 542 g/mol. The zero-order valence-electron chi connectivity index (χ0n) is 18.4. The largest absolute Gasteiger partial charge is 0.497 e. The fourth-order valence-corrected chi connectivity index (χ4v) is 3.68. The molecule has 0 spiro atoms. The third kappa shape index (κ3) is 7.33. The van der Waals surface area contributed by atoms with E-state index in [9.17, 15) is 4.39 Å². The molecule has 0 bridgehead atoms. The molecule has 6 nitrogen and oxygen atoms in total. The van der Waals surface area contributed by atoms with Crippen LogP contribution in [0.4, 0.5) is 4.39 Å². The predicted octanol–water partition coefficient (Wildman–Crippen LogP) is 3.53. The van der Waals surface area contributed by atoms with Gasteiger partial charge in [-0.1, -0.05) is 24.3 Å². The van der Waals surface area contributed by atoms with E-state index in [4.69, 9.17) is 9.47 Å². The zero-order chi connectivity index (χ0) is 21.3. The summed E-state index contributed by atoms with van der Waals surface area (Å²) in [4.78, 5) is 8.91. The third-order valence-corrected chi connectivity index (χ3v) is 5.35. The first-order chi connectivity index (χ1) is 14.6. The van der Waals surface area contributed by atoms with Gasteiger partial charge in [-0.3, -0.25) is 9.89 Å². The second-order valence-electron chi connectivity index (χ2n) is 7.35. The average molecular weight is 542 g/mol. The van der Waals surface area contributed by atoms with Crippen molar-refractivity contribution in [3.63, 3.8) is 0 Å². The van der Waals surface area contributed by atoms with Crippen LogP contribution in [0.1, 0.15) is 17.2 Å². The molecule has 2 aromatic carbocycles. The van der Waals surface area contributed by atoms with E-state index in [2.05, 4.69) is 27.3 Å². The highest BCUT2D eigenvalue weighted by molar-refractivity contribution is 14.0. The number of hydrogen-bond acceptors (Lipinski definition) is 4. The van der Waals surface area contributed by atoms with Crippen LogP contribution in [0.25, 0.3) is 0 Å². The lowest BCUT2D eigenvalue weighted by Crippen LogP contribution is -2.46. The van der Waals surface area contributed by atoms with Crippen molar-refractivity contribution in [2.45, 2.75) is 12.6 Å². The Morgan fingerprint density at radius 2 is 1.81 bits per heavy atom. The first-order valence-corrected chi connectivity index (χ1v) is 10.2. The molecule has 1 atom stereocenters. The van der Waals surface area contributed by atoms with Gasteiger partial charge < -0.3 is 19.7 Å². The van der Waals surface area contributed by atoms with Crippen LogP contribution in [0.2, 0.25) is 0 Å². The maximum atomic E-state index is 13.2. The van der Waals surface area contributed by atoms with E-state index in [-0.39, 0.29) is 35.8 Å². The van der Waals surface area contributed by atoms with Crippen molar-refractivity contribution in [2.24, 2.45) is 4.99 Å². The summed E-state index contributed by atoms with van der Waals surface area (Å²) in [5.41, 5.74) is 2.25. The molecule has 1 unspecified atom stereocenters. The number of aliphatic imine (C=N–C) groups is 1. The molecule has 0 aliphatic carbocycles. The summed E-state index contributed by atoms with van der Waals surface area (Å²) in [7, 11) is 5.44. The lowest BCUT2D eigenvalue weighted by atomic mass is 10.0. The second kappa shape index (κ2) is 12.8. The molecule has 31 heavy (non-hydrogen) atoms. The molecule has 1 aliphatic rings. The molecule has 1 aliphatic heterocycles. The molecule has 2 aromatic rings. The molecule has 1 N–H and O–H groups in total. The number of halogens is 2. The summed E-state index contributed by atoms with van der Waals surface area (Å²) in [5, 5.41) is 3.51. The minimum absolute atomic E-state index is 0. The molecular formula is C23H32FIN4O2. The Bertz CT molecular complexity index is 811. The Hall–Kier alpha value is -1.91. The van der Waals surface area contributed by atoms with E-state index in [1.54, 1.807) is 26.3 Å². The van der Waals surface area contributed by atoms with Crippen LogP contribution in [0, 0.1) is 5.82 Å². The zero-order valence-corrected chi connectivity index (χ0v) is 20.7. The summed E-state index contributed by atoms with van der Waals surface area (Å²) in [6.07, 6.45) is 0. The topological polar surface area (TPSA) is 49.3 Å². The number of nitrogens with one attached hydrogen (secondary N) is 1. The van der Waals surface area contributed by atoms with Gasteiger partial charge in [-0.15, -0.1) is 24.0 Å². The molecule has 1 saturated heterocycles. The van der Waals surface area contributed by atoms with Crippen molar-refractivity contribution in [3.8, 4) is 5.75 Å². The Morgan fingerprint density at radius 1 is 1.16 bits per heavy atom.